The number of hydrogen-bond acceptors (Lipinski definition) is 13. The van der Waals surface area contributed by atoms with Gasteiger partial charge in [0, 0.05) is 6.07 Å². The lowest BCUT2D eigenvalue weighted by Gasteiger charge is -2.13. The molecule has 3 rings (SSSR count). The lowest BCUT2D eigenvalue weighted by atomic mass is 10.2. The predicted octanol–water partition coefficient (Wildman–Crippen LogP) is 4.00. The van der Waals surface area contributed by atoms with Gasteiger partial charge in [-0.1, -0.05) is 0 Å². The third kappa shape index (κ3) is 7.29. The highest BCUT2D eigenvalue weighted by Crippen LogP contribution is 2.40. The van der Waals surface area contributed by atoms with E-state index in [0.29, 0.717) is 0 Å². The van der Waals surface area contributed by atoms with Gasteiger partial charge in [-0.15, -0.1) is 0 Å². The molecule has 3 aromatic rings. The van der Waals surface area contributed by atoms with E-state index < -0.39 is 40.8 Å². The number of nitrogens with zero attached hydrogens (tertiary/aromatic N) is 4. The molecule has 202 valence electrons. The van der Waals surface area contributed by atoms with Crippen molar-refractivity contribution in [1.82, 2.24) is 9.97 Å². The van der Waals surface area contributed by atoms with E-state index in [2.05, 4.69) is 15.3 Å². The fourth-order valence-corrected chi connectivity index (χ4v) is 3.10. The number of rotatable bonds is 12. The summed E-state index contributed by atoms with van der Waals surface area (Å²) in [6, 6.07) is 11.6. The maximum absolute atomic E-state index is 12.0. The first-order valence-corrected chi connectivity index (χ1v) is 11.5. The Bertz CT molecular complexity index is 1400. The molecule has 14 nitrogen and oxygen atoms in total. The first-order valence-electron chi connectivity index (χ1n) is 11.5. The maximum Gasteiger partial charge on any atom is 0.373 e. The summed E-state index contributed by atoms with van der Waals surface area (Å²) >= 11 is 0. The van der Waals surface area contributed by atoms with Gasteiger partial charge >= 0.3 is 29.5 Å². The van der Waals surface area contributed by atoms with Gasteiger partial charge in [-0.25, -0.2) is 4.79 Å². The number of methoxy groups -OCH3 is 1. The lowest BCUT2D eigenvalue weighted by Crippen LogP contribution is -2.18. The zero-order valence-electron chi connectivity index (χ0n) is 21.1. The summed E-state index contributed by atoms with van der Waals surface area (Å²) < 4.78 is 26.4. The molecule has 0 spiro atoms. The molecule has 1 N–H and O–H groups in total. The largest absolute Gasteiger partial charge is 0.493 e. The number of anilines is 1. The third-order valence-corrected chi connectivity index (χ3v) is 4.79. The van der Waals surface area contributed by atoms with E-state index in [1.54, 1.807) is 13.8 Å². The van der Waals surface area contributed by atoms with Crippen molar-refractivity contribution in [3.63, 3.8) is 0 Å². The normalized spacial score (nSPS) is 10.1. The SMILES string of the molecule is CCOC(=O)CNc1nc(Oc2ccc(C(=O)OCC)cc2)nc(Oc2cc(C#N)ccc2OC)c1[N+](=O)[O-]. The van der Waals surface area contributed by atoms with Gasteiger partial charge in [0.1, 0.15) is 12.3 Å². The number of nitriles is 1. The highest BCUT2D eigenvalue weighted by atomic mass is 16.6. The molecule has 0 fully saturated rings. The van der Waals surface area contributed by atoms with E-state index in [1.807, 2.05) is 6.07 Å². The number of carbonyl (C=O) groups is 2. The Morgan fingerprint density at radius 1 is 1.03 bits per heavy atom. The van der Waals surface area contributed by atoms with Crippen LogP contribution in [0.25, 0.3) is 0 Å². The van der Waals surface area contributed by atoms with E-state index in [-0.39, 0.29) is 47.6 Å². The van der Waals surface area contributed by atoms with E-state index in [4.69, 9.17) is 23.7 Å². The summed E-state index contributed by atoms with van der Waals surface area (Å²) in [5.41, 5.74) is -0.242. The molecule has 0 bridgehead atoms. The molecule has 0 aliphatic rings. The first-order chi connectivity index (χ1) is 18.8. The Balaban J connectivity index is 2.05. The molecule has 39 heavy (non-hydrogen) atoms. The minimum atomic E-state index is -0.804. The molecule has 1 heterocycles. The van der Waals surface area contributed by atoms with Crippen molar-refractivity contribution < 1.29 is 38.2 Å². The van der Waals surface area contributed by atoms with Crippen LogP contribution in [0.4, 0.5) is 11.5 Å². The Morgan fingerprint density at radius 3 is 2.36 bits per heavy atom. The second kappa shape index (κ2) is 13.2. The number of nitro groups is 1. The zero-order valence-corrected chi connectivity index (χ0v) is 21.1. The minimum absolute atomic E-state index is 0.0422. The van der Waals surface area contributed by atoms with Gasteiger partial charge in [-0.05, 0) is 50.2 Å². The summed E-state index contributed by atoms with van der Waals surface area (Å²) in [6.07, 6.45) is 0. The average molecular weight is 537 g/mol. The van der Waals surface area contributed by atoms with Crippen molar-refractivity contribution in [2.45, 2.75) is 13.8 Å². The van der Waals surface area contributed by atoms with Crippen LogP contribution < -0.4 is 19.5 Å². The summed E-state index contributed by atoms with van der Waals surface area (Å²) in [5, 5.41) is 23.8. The summed E-state index contributed by atoms with van der Waals surface area (Å²) in [7, 11) is 1.35. The van der Waals surface area contributed by atoms with Gasteiger partial charge in [0.15, 0.2) is 11.5 Å². The van der Waals surface area contributed by atoms with Gasteiger partial charge < -0.3 is 29.0 Å². The van der Waals surface area contributed by atoms with Gasteiger partial charge in [-0.2, -0.15) is 15.2 Å². The van der Waals surface area contributed by atoms with Crippen molar-refractivity contribution in [3.8, 4) is 35.2 Å². The molecule has 0 aliphatic carbocycles. The second-order valence-electron chi connectivity index (χ2n) is 7.35. The van der Waals surface area contributed by atoms with Crippen LogP contribution in [0, 0.1) is 21.4 Å². The first kappa shape index (κ1) is 28.1. The maximum atomic E-state index is 12.0. The van der Waals surface area contributed by atoms with Crippen molar-refractivity contribution in [3.05, 3.63) is 63.7 Å². The zero-order chi connectivity index (χ0) is 28.4. The molecule has 14 heteroatoms. The van der Waals surface area contributed by atoms with Crippen molar-refractivity contribution in [2.75, 3.05) is 32.2 Å². The summed E-state index contributed by atoms with van der Waals surface area (Å²) in [5.74, 6) is -1.86. The lowest BCUT2D eigenvalue weighted by molar-refractivity contribution is -0.385. The van der Waals surface area contributed by atoms with E-state index in [0.717, 1.165) is 0 Å². The molecule has 2 aromatic carbocycles. The minimum Gasteiger partial charge on any atom is -0.493 e. The van der Waals surface area contributed by atoms with Gasteiger partial charge in [-0.3, -0.25) is 14.9 Å². The van der Waals surface area contributed by atoms with Gasteiger partial charge in [0.05, 0.1) is 42.4 Å². The smallest absolute Gasteiger partial charge is 0.373 e. The highest BCUT2D eigenvalue weighted by Gasteiger charge is 2.29. The quantitative estimate of drug-likeness (QED) is 0.199. The molecular formula is C25H23N5O9. The van der Waals surface area contributed by atoms with Crippen LogP contribution in [0.5, 0.6) is 29.1 Å². The number of carbonyl (C=O) groups excluding carboxylic acids is 2. The number of hydrogen-bond donors (Lipinski definition) is 1. The van der Waals surface area contributed by atoms with E-state index in [9.17, 15) is 25.0 Å². The standard InChI is InChI=1S/C25H23N5O9/c1-4-36-20(31)14-27-22-21(30(33)34)23(39-19-12-15(13-26)6-11-18(19)35-3)29-25(28-22)38-17-9-7-16(8-10-17)24(32)37-5-2/h6-12H,4-5,14H2,1-3H3,(H,27,28,29). The molecule has 0 radical (unpaired) electrons. The molecule has 0 saturated heterocycles. The van der Waals surface area contributed by atoms with Crippen LogP contribution in [0.3, 0.4) is 0 Å². The van der Waals surface area contributed by atoms with Crippen LogP contribution in [-0.2, 0) is 14.3 Å². The molecule has 0 unspecified atom stereocenters. The van der Waals surface area contributed by atoms with E-state index >= 15 is 0 Å². The Morgan fingerprint density at radius 2 is 1.74 bits per heavy atom. The van der Waals surface area contributed by atoms with Crippen LogP contribution in [0.15, 0.2) is 42.5 Å². The number of ether oxygens (including phenoxy) is 5. The van der Waals surface area contributed by atoms with Crippen LogP contribution >= 0.6 is 0 Å². The predicted molar refractivity (Wildman–Crippen MR) is 134 cm³/mol. The number of aromatic nitrogens is 2. The number of benzene rings is 2. The van der Waals surface area contributed by atoms with Crippen molar-refractivity contribution in [2.24, 2.45) is 0 Å². The Kier molecular flexibility index (Phi) is 9.52. The molecule has 1 aromatic heterocycles. The van der Waals surface area contributed by atoms with Crippen LogP contribution in [0.1, 0.15) is 29.8 Å². The summed E-state index contributed by atoms with van der Waals surface area (Å²) in [4.78, 5) is 43.1. The highest BCUT2D eigenvalue weighted by molar-refractivity contribution is 5.89. The summed E-state index contributed by atoms with van der Waals surface area (Å²) in [6.45, 7) is 3.15. The molecular weight excluding hydrogens is 514 g/mol. The Labute approximate surface area is 222 Å². The molecule has 0 saturated carbocycles. The molecule has 0 amide bonds. The fraction of sp³-hybridized carbons (Fsp3) is 0.240. The van der Waals surface area contributed by atoms with Gasteiger partial charge in [0.2, 0.25) is 5.82 Å². The van der Waals surface area contributed by atoms with E-state index in [1.165, 1.54) is 49.6 Å². The monoisotopic (exact) mass is 537 g/mol. The van der Waals surface area contributed by atoms with Gasteiger partial charge in [0.25, 0.3) is 0 Å². The van der Waals surface area contributed by atoms with Crippen molar-refractivity contribution in [1.29, 1.82) is 5.26 Å². The number of nitrogens with one attached hydrogen (secondary N) is 1. The van der Waals surface area contributed by atoms with Crippen LogP contribution in [0.2, 0.25) is 0 Å². The second-order valence-corrected chi connectivity index (χ2v) is 7.35. The van der Waals surface area contributed by atoms with Crippen molar-refractivity contribution >= 4 is 23.4 Å². The number of esters is 2. The topological polar surface area (TPSA) is 185 Å². The Hall–Kier alpha value is -5.45. The molecule has 0 aliphatic heterocycles. The fourth-order valence-electron chi connectivity index (χ4n) is 3.10. The average Bonchev–Trinajstić information content (AvgIpc) is 2.92. The van der Waals surface area contributed by atoms with Crippen LogP contribution in [-0.4, -0.2) is 53.7 Å². The molecule has 0 atom stereocenters. The third-order valence-electron chi connectivity index (χ3n) is 4.79.